The van der Waals surface area contributed by atoms with Crippen LogP contribution in [0.25, 0.3) is 6.08 Å². The molecule has 1 amide bonds. The third-order valence-electron chi connectivity index (χ3n) is 5.26. The van der Waals surface area contributed by atoms with Crippen LogP contribution in [0.5, 0.6) is 0 Å². The second-order valence-electron chi connectivity index (χ2n) is 6.81. The number of rotatable bonds is 7. The van der Waals surface area contributed by atoms with Gasteiger partial charge < -0.3 is 9.88 Å². The predicted molar refractivity (Wildman–Crippen MR) is 98.0 cm³/mol. The molecule has 1 aromatic rings. The van der Waals surface area contributed by atoms with Gasteiger partial charge in [0.25, 0.3) is 5.91 Å². The molecule has 0 unspecified atom stereocenters. The van der Waals surface area contributed by atoms with E-state index >= 15 is 0 Å². The number of nitrogens with one attached hydrogen (secondary N) is 2. The summed E-state index contributed by atoms with van der Waals surface area (Å²) in [6.07, 6.45) is 5.31. The molecule has 0 saturated heterocycles. The molecule has 5 heteroatoms. The molecule has 2 N–H and O–H groups in total. The molecule has 24 heavy (non-hydrogen) atoms. The van der Waals surface area contributed by atoms with Crippen LogP contribution in [0.15, 0.2) is 10.7 Å². The Labute approximate surface area is 144 Å². The molecule has 1 aliphatic heterocycles. The maximum Gasteiger partial charge on any atom is 0.273 e. The van der Waals surface area contributed by atoms with E-state index in [-0.39, 0.29) is 5.91 Å². The first kappa shape index (κ1) is 17.0. The first-order valence-electron chi connectivity index (χ1n) is 9.05. The predicted octanol–water partition coefficient (Wildman–Crippen LogP) is 2.80. The Morgan fingerprint density at radius 2 is 1.96 bits per heavy atom. The van der Waals surface area contributed by atoms with Gasteiger partial charge in [0.1, 0.15) is 0 Å². The number of amides is 1. The Morgan fingerprint density at radius 1 is 1.25 bits per heavy atom. The summed E-state index contributed by atoms with van der Waals surface area (Å²) < 4.78 is 0. The molecule has 130 valence electrons. The molecule has 1 saturated carbocycles. The van der Waals surface area contributed by atoms with Crippen LogP contribution >= 0.6 is 0 Å². The number of carbonyl (C=O) groups is 1. The molecule has 2 aliphatic rings. The summed E-state index contributed by atoms with van der Waals surface area (Å²) >= 11 is 0. The van der Waals surface area contributed by atoms with E-state index in [0.29, 0.717) is 5.92 Å². The van der Waals surface area contributed by atoms with Crippen LogP contribution in [0.4, 0.5) is 0 Å². The summed E-state index contributed by atoms with van der Waals surface area (Å²) in [6, 6.07) is 0. The minimum atomic E-state index is -0.0757. The number of nitrogens with zero attached hydrogens (tertiary/aromatic N) is 2. The highest BCUT2D eigenvalue weighted by atomic mass is 16.2. The number of likely N-dealkylation sites (N-methyl/N-ethyl adjacent to an activating group) is 1. The molecular formula is C19H28N4O. The van der Waals surface area contributed by atoms with E-state index in [0.717, 1.165) is 55.9 Å². The van der Waals surface area contributed by atoms with E-state index in [4.69, 9.17) is 0 Å². The Bertz CT molecular complexity index is 690. The van der Waals surface area contributed by atoms with Crippen molar-refractivity contribution in [3.63, 3.8) is 0 Å². The number of hydrazone groups is 1. The number of carbonyl (C=O) groups excluding carboxylic acids is 1. The Balaban J connectivity index is 1.82. The van der Waals surface area contributed by atoms with Crippen molar-refractivity contribution in [1.29, 1.82) is 0 Å². The van der Waals surface area contributed by atoms with Gasteiger partial charge in [-0.05, 0) is 63.4 Å². The molecule has 0 aromatic carbocycles. The normalized spacial score (nSPS) is 19.3. The van der Waals surface area contributed by atoms with Gasteiger partial charge in [-0.3, -0.25) is 4.79 Å². The first-order valence-corrected chi connectivity index (χ1v) is 9.05. The van der Waals surface area contributed by atoms with Gasteiger partial charge in [-0.15, -0.1) is 0 Å². The monoisotopic (exact) mass is 328 g/mol. The van der Waals surface area contributed by atoms with Crippen LogP contribution in [0, 0.1) is 19.8 Å². The third kappa shape index (κ3) is 3.31. The van der Waals surface area contributed by atoms with Crippen LogP contribution in [-0.4, -0.2) is 41.1 Å². The van der Waals surface area contributed by atoms with E-state index in [1.807, 2.05) is 6.08 Å². The van der Waals surface area contributed by atoms with Gasteiger partial charge in [0.15, 0.2) is 0 Å². The lowest BCUT2D eigenvalue weighted by molar-refractivity contribution is -0.116. The van der Waals surface area contributed by atoms with Crippen molar-refractivity contribution < 1.29 is 4.79 Å². The fraction of sp³-hybridized carbons (Fsp3) is 0.579. The molecule has 5 nitrogen and oxygen atoms in total. The third-order valence-corrected chi connectivity index (χ3v) is 5.26. The average molecular weight is 328 g/mol. The minimum Gasteiger partial charge on any atom is -0.359 e. The highest BCUT2D eigenvalue weighted by molar-refractivity contribution is 6.28. The number of hydrogen-bond acceptors (Lipinski definition) is 3. The van der Waals surface area contributed by atoms with Crippen LogP contribution in [0.2, 0.25) is 0 Å². The van der Waals surface area contributed by atoms with Gasteiger partial charge in [-0.1, -0.05) is 13.8 Å². The molecule has 0 bridgehead atoms. The minimum absolute atomic E-state index is 0.0757. The summed E-state index contributed by atoms with van der Waals surface area (Å²) in [7, 11) is 0. The zero-order chi connectivity index (χ0) is 17.3. The SMILES string of the molecule is CCN(CC)CCc1c(C)[nH]c(C=C2C(=O)NN=C2C2CC2)c1C. The maximum absolute atomic E-state index is 12.1. The fourth-order valence-corrected chi connectivity index (χ4v) is 3.44. The van der Waals surface area contributed by atoms with E-state index in [2.05, 4.69) is 48.1 Å². The molecule has 0 atom stereocenters. The lowest BCUT2D eigenvalue weighted by Gasteiger charge is -2.17. The van der Waals surface area contributed by atoms with Crippen LogP contribution in [0.1, 0.15) is 49.2 Å². The Kier molecular flexibility index (Phi) is 4.90. The summed E-state index contributed by atoms with van der Waals surface area (Å²) in [6.45, 7) is 11.9. The lowest BCUT2D eigenvalue weighted by atomic mass is 10.0. The van der Waals surface area contributed by atoms with E-state index in [1.165, 1.54) is 16.8 Å². The molecule has 0 spiro atoms. The highest BCUT2D eigenvalue weighted by Crippen LogP contribution is 2.35. The number of aryl methyl sites for hydroxylation is 1. The van der Waals surface area contributed by atoms with Crippen molar-refractivity contribution in [2.75, 3.05) is 19.6 Å². The number of hydrogen-bond donors (Lipinski definition) is 2. The molecule has 1 aliphatic carbocycles. The topological polar surface area (TPSA) is 60.5 Å². The smallest absolute Gasteiger partial charge is 0.273 e. The van der Waals surface area contributed by atoms with Gasteiger partial charge in [0.05, 0.1) is 11.3 Å². The van der Waals surface area contributed by atoms with Gasteiger partial charge in [0.2, 0.25) is 0 Å². The van der Waals surface area contributed by atoms with Gasteiger partial charge in [0, 0.05) is 23.9 Å². The highest BCUT2D eigenvalue weighted by Gasteiger charge is 2.36. The van der Waals surface area contributed by atoms with Crippen molar-refractivity contribution in [3.8, 4) is 0 Å². The van der Waals surface area contributed by atoms with Crippen molar-refractivity contribution >= 4 is 17.7 Å². The van der Waals surface area contributed by atoms with Crippen LogP contribution < -0.4 is 5.43 Å². The maximum atomic E-state index is 12.1. The summed E-state index contributed by atoms with van der Waals surface area (Å²) in [5.41, 5.74) is 9.16. The molecule has 3 rings (SSSR count). The summed E-state index contributed by atoms with van der Waals surface area (Å²) in [5.74, 6) is 0.391. The molecule has 1 aromatic heterocycles. The number of H-pyrrole nitrogens is 1. The van der Waals surface area contributed by atoms with Crippen molar-refractivity contribution in [3.05, 3.63) is 28.1 Å². The van der Waals surface area contributed by atoms with Crippen LogP contribution in [-0.2, 0) is 11.2 Å². The van der Waals surface area contributed by atoms with Gasteiger partial charge in [-0.25, -0.2) is 5.43 Å². The van der Waals surface area contributed by atoms with Gasteiger partial charge in [-0.2, -0.15) is 5.10 Å². The largest absolute Gasteiger partial charge is 0.359 e. The van der Waals surface area contributed by atoms with Crippen molar-refractivity contribution in [2.24, 2.45) is 11.0 Å². The van der Waals surface area contributed by atoms with E-state index in [9.17, 15) is 4.79 Å². The first-order chi connectivity index (χ1) is 11.5. The number of aromatic nitrogens is 1. The lowest BCUT2D eigenvalue weighted by Crippen LogP contribution is -2.25. The van der Waals surface area contributed by atoms with Crippen LogP contribution in [0.3, 0.4) is 0 Å². The second kappa shape index (κ2) is 6.93. The zero-order valence-electron chi connectivity index (χ0n) is 15.2. The van der Waals surface area contributed by atoms with E-state index < -0.39 is 0 Å². The van der Waals surface area contributed by atoms with Gasteiger partial charge >= 0.3 is 0 Å². The molecular weight excluding hydrogens is 300 g/mol. The quantitative estimate of drug-likeness (QED) is 0.756. The summed E-state index contributed by atoms with van der Waals surface area (Å²) in [5, 5.41) is 4.23. The zero-order valence-corrected chi connectivity index (χ0v) is 15.2. The average Bonchev–Trinajstić information content (AvgIpc) is 3.30. The Morgan fingerprint density at radius 3 is 2.58 bits per heavy atom. The molecule has 1 fully saturated rings. The summed E-state index contributed by atoms with van der Waals surface area (Å²) in [4.78, 5) is 18.0. The second-order valence-corrected chi connectivity index (χ2v) is 6.81. The fourth-order valence-electron chi connectivity index (χ4n) is 3.44. The standard InChI is InChI=1S/C19H28N4O/c1-5-23(6-2)10-9-15-12(3)17(20-13(15)4)11-16-18(14-7-8-14)21-22-19(16)24/h11,14,20H,5-10H2,1-4H3,(H,22,24). The molecule has 0 radical (unpaired) electrons. The Hall–Kier alpha value is -1.88. The van der Waals surface area contributed by atoms with Crippen molar-refractivity contribution in [2.45, 2.75) is 47.0 Å². The number of aromatic amines is 1. The van der Waals surface area contributed by atoms with E-state index in [1.54, 1.807) is 0 Å². The molecule has 2 heterocycles. The van der Waals surface area contributed by atoms with Crippen molar-refractivity contribution in [1.82, 2.24) is 15.3 Å².